The molecule has 0 amide bonds. The van der Waals surface area contributed by atoms with Crippen LogP contribution in [-0.4, -0.2) is 32.2 Å². The second kappa shape index (κ2) is 6.56. The predicted octanol–water partition coefficient (Wildman–Crippen LogP) is 2.92. The number of hydrogen-bond acceptors (Lipinski definition) is 6. The Labute approximate surface area is 143 Å². The van der Waals surface area contributed by atoms with Crippen molar-refractivity contribution in [3.63, 3.8) is 0 Å². The number of benzene rings is 2. The molecule has 0 bridgehead atoms. The van der Waals surface area contributed by atoms with Crippen molar-refractivity contribution in [1.29, 1.82) is 0 Å². The Bertz CT molecular complexity index is 978. The van der Waals surface area contributed by atoms with Crippen molar-refractivity contribution in [2.24, 2.45) is 0 Å². The lowest BCUT2D eigenvalue weighted by molar-refractivity contribution is 0.385. The summed E-state index contributed by atoms with van der Waals surface area (Å²) in [5, 5.41) is 12.2. The van der Waals surface area contributed by atoms with Gasteiger partial charge >= 0.3 is 0 Å². The number of nitrogens with zero attached hydrogens (tertiary/aromatic N) is 5. The lowest BCUT2D eigenvalue weighted by Crippen LogP contribution is -1.93. The molecule has 7 nitrogen and oxygen atoms in total. The van der Waals surface area contributed by atoms with Crippen LogP contribution in [0.5, 0.6) is 5.75 Å². The molecule has 7 heteroatoms. The Morgan fingerprint density at radius 3 is 2.80 bits per heavy atom. The van der Waals surface area contributed by atoms with Gasteiger partial charge in [-0.1, -0.05) is 40.7 Å². The van der Waals surface area contributed by atoms with E-state index in [9.17, 15) is 0 Å². The van der Waals surface area contributed by atoms with Crippen LogP contribution in [0, 0.1) is 0 Å². The van der Waals surface area contributed by atoms with Crippen LogP contribution < -0.4 is 4.74 Å². The van der Waals surface area contributed by atoms with E-state index in [1.807, 2.05) is 54.6 Å². The molecule has 0 saturated carbocycles. The molecular formula is C18H15N5O2. The minimum Gasteiger partial charge on any atom is -0.497 e. The van der Waals surface area contributed by atoms with Crippen molar-refractivity contribution in [3.05, 3.63) is 72.2 Å². The molecule has 2 aromatic heterocycles. The monoisotopic (exact) mass is 333 g/mol. The highest BCUT2D eigenvalue weighted by atomic mass is 16.5. The summed E-state index contributed by atoms with van der Waals surface area (Å²) in [4.78, 5) is 4.40. The molecular weight excluding hydrogens is 318 g/mol. The number of rotatable bonds is 5. The van der Waals surface area contributed by atoms with Crippen LogP contribution in [0.25, 0.3) is 17.2 Å². The van der Waals surface area contributed by atoms with Gasteiger partial charge in [-0.2, -0.15) is 4.98 Å². The first-order chi connectivity index (χ1) is 12.3. The fourth-order valence-corrected chi connectivity index (χ4v) is 2.46. The highest BCUT2D eigenvalue weighted by Gasteiger charge is 2.13. The van der Waals surface area contributed by atoms with Gasteiger partial charge in [0, 0.05) is 0 Å². The van der Waals surface area contributed by atoms with Crippen molar-refractivity contribution in [2.45, 2.75) is 6.42 Å². The van der Waals surface area contributed by atoms with Crippen LogP contribution in [0.2, 0.25) is 0 Å². The quantitative estimate of drug-likeness (QED) is 0.559. The van der Waals surface area contributed by atoms with Gasteiger partial charge in [0.25, 0.3) is 0 Å². The van der Waals surface area contributed by atoms with Gasteiger partial charge in [-0.25, -0.2) is 4.68 Å². The van der Waals surface area contributed by atoms with Crippen molar-refractivity contribution >= 4 is 0 Å². The summed E-state index contributed by atoms with van der Waals surface area (Å²) in [5.74, 6) is 1.72. The lowest BCUT2D eigenvalue weighted by atomic mass is 10.1. The van der Waals surface area contributed by atoms with Gasteiger partial charge in [0.05, 0.1) is 25.4 Å². The maximum Gasteiger partial charge on any atom is 0.231 e. The van der Waals surface area contributed by atoms with E-state index < -0.39 is 0 Å². The minimum atomic E-state index is 0.417. The molecule has 0 unspecified atom stereocenters. The topological polar surface area (TPSA) is 78.9 Å². The first kappa shape index (κ1) is 15.1. The van der Waals surface area contributed by atoms with Gasteiger partial charge in [0.15, 0.2) is 5.69 Å². The molecule has 0 N–H and O–H groups in total. The molecule has 0 aliphatic heterocycles. The molecule has 4 aromatic rings. The fraction of sp³-hybridized carbons (Fsp3) is 0.111. The molecule has 0 spiro atoms. The third-order valence-corrected chi connectivity index (χ3v) is 3.70. The maximum atomic E-state index is 5.33. The third-order valence-electron chi connectivity index (χ3n) is 3.70. The van der Waals surface area contributed by atoms with E-state index in [4.69, 9.17) is 9.26 Å². The van der Waals surface area contributed by atoms with Crippen LogP contribution in [-0.2, 0) is 6.42 Å². The van der Waals surface area contributed by atoms with Crippen molar-refractivity contribution in [2.75, 3.05) is 7.11 Å². The van der Waals surface area contributed by atoms with Crippen molar-refractivity contribution in [3.8, 4) is 23.0 Å². The maximum absolute atomic E-state index is 5.33. The Morgan fingerprint density at radius 2 is 1.96 bits per heavy atom. The Hall–Kier alpha value is -3.48. The molecule has 124 valence electrons. The summed E-state index contributed by atoms with van der Waals surface area (Å²) in [7, 11) is 1.64. The summed E-state index contributed by atoms with van der Waals surface area (Å²) in [5.41, 5.74) is 2.51. The van der Waals surface area contributed by atoms with Crippen LogP contribution in [0.15, 0.2) is 65.3 Å². The summed E-state index contributed by atoms with van der Waals surface area (Å²) in [6, 6.07) is 17.5. The zero-order chi connectivity index (χ0) is 17.1. The van der Waals surface area contributed by atoms with Crippen LogP contribution in [0.4, 0.5) is 0 Å². The molecule has 2 heterocycles. The summed E-state index contributed by atoms with van der Waals surface area (Å²) in [6.07, 6.45) is 2.30. The van der Waals surface area contributed by atoms with Crippen LogP contribution >= 0.6 is 0 Å². The summed E-state index contributed by atoms with van der Waals surface area (Å²) in [6.45, 7) is 0. The van der Waals surface area contributed by atoms with E-state index in [0.29, 0.717) is 23.8 Å². The average Bonchev–Trinajstić information content (AvgIpc) is 3.32. The van der Waals surface area contributed by atoms with Gasteiger partial charge in [0.2, 0.25) is 11.7 Å². The van der Waals surface area contributed by atoms with E-state index in [-0.39, 0.29) is 0 Å². The first-order valence-corrected chi connectivity index (χ1v) is 7.75. The lowest BCUT2D eigenvalue weighted by Gasteiger charge is -2.01. The number of methoxy groups -OCH3 is 1. The van der Waals surface area contributed by atoms with Gasteiger partial charge < -0.3 is 9.26 Å². The van der Waals surface area contributed by atoms with Crippen molar-refractivity contribution < 1.29 is 9.26 Å². The summed E-state index contributed by atoms with van der Waals surface area (Å²) < 4.78 is 12.2. The second-order valence-electron chi connectivity index (χ2n) is 5.42. The second-order valence-corrected chi connectivity index (χ2v) is 5.42. The van der Waals surface area contributed by atoms with E-state index >= 15 is 0 Å². The molecule has 0 saturated heterocycles. The predicted molar refractivity (Wildman–Crippen MR) is 90.5 cm³/mol. The highest BCUT2D eigenvalue weighted by molar-refractivity contribution is 5.47. The molecule has 0 radical (unpaired) electrons. The highest BCUT2D eigenvalue weighted by Crippen LogP contribution is 2.18. The number of aromatic nitrogens is 5. The number of para-hydroxylation sites is 1. The number of ether oxygens (including phenoxy) is 1. The average molecular weight is 333 g/mol. The molecule has 25 heavy (non-hydrogen) atoms. The van der Waals surface area contributed by atoms with E-state index in [1.54, 1.807) is 18.0 Å². The van der Waals surface area contributed by atoms with Crippen molar-refractivity contribution in [1.82, 2.24) is 25.1 Å². The molecule has 0 aliphatic rings. The van der Waals surface area contributed by atoms with Gasteiger partial charge in [0.1, 0.15) is 5.75 Å². The number of hydrogen-bond donors (Lipinski definition) is 0. The smallest absolute Gasteiger partial charge is 0.231 e. The normalized spacial score (nSPS) is 10.8. The fourth-order valence-electron chi connectivity index (χ4n) is 2.46. The van der Waals surface area contributed by atoms with Gasteiger partial charge in [-0.3, -0.25) is 0 Å². The van der Waals surface area contributed by atoms with Crippen LogP contribution in [0.1, 0.15) is 11.5 Å². The molecule has 0 aliphatic carbocycles. The van der Waals surface area contributed by atoms with E-state index in [1.165, 1.54) is 0 Å². The first-order valence-electron chi connectivity index (χ1n) is 7.75. The largest absolute Gasteiger partial charge is 0.497 e. The van der Waals surface area contributed by atoms with Crippen LogP contribution in [0.3, 0.4) is 0 Å². The van der Waals surface area contributed by atoms with Gasteiger partial charge in [-0.05, 0) is 29.8 Å². The van der Waals surface area contributed by atoms with E-state index in [2.05, 4.69) is 20.5 Å². The molecule has 2 aromatic carbocycles. The van der Waals surface area contributed by atoms with Gasteiger partial charge in [-0.15, -0.1) is 5.10 Å². The zero-order valence-electron chi connectivity index (χ0n) is 13.5. The minimum absolute atomic E-state index is 0.417. The summed E-state index contributed by atoms with van der Waals surface area (Å²) >= 11 is 0. The SMILES string of the molecule is COc1cccc(Cc2nc(-c3cn(-c4ccccc4)nn3)no2)c1. The Morgan fingerprint density at radius 1 is 1.08 bits per heavy atom. The standard InChI is InChI=1S/C18H15N5O2/c1-24-15-9-5-6-13(10-15)11-17-19-18(21-25-17)16-12-23(22-20-16)14-7-3-2-4-8-14/h2-10,12H,11H2,1H3. The Balaban J connectivity index is 1.54. The molecule has 0 atom stereocenters. The zero-order valence-corrected chi connectivity index (χ0v) is 13.5. The Kier molecular flexibility index (Phi) is 3.96. The molecule has 0 fully saturated rings. The molecule has 4 rings (SSSR count). The van der Waals surface area contributed by atoms with E-state index in [0.717, 1.165) is 17.0 Å². The third kappa shape index (κ3) is 3.25.